The second-order valence-electron chi connectivity index (χ2n) is 4.58. The first-order valence-corrected chi connectivity index (χ1v) is 6.03. The van der Waals surface area contributed by atoms with E-state index < -0.39 is 0 Å². The normalized spacial score (nSPS) is 10.5. The maximum Gasteiger partial charge on any atom is 0.269 e. The van der Waals surface area contributed by atoms with Gasteiger partial charge in [0.15, 0.2) is 0 Å². The zero-order valence-corrected chi connectivity index (χ0v) is 11.1. The van der Waals surface area contributed by atoms with Gasteiger partial charge in [0, 0.05) is 20.2 Å². The van der Waals surface area contributed by atoms with E-state index in [1.807, 2.05) is 43.3 Å². The summed E-state index contributed by atoms with van der Waals surface area (Å²) in [6.45, 7) is 0.453. The highest BCUT2D eigenvalue weighted by molar-refractivity contribution is 5.40. The van der Waals surface area contributed by atoms with Crippen LogP contribution in [0.15, 0.2) is 41.3 Å². The van der Waals surface area contributed by atoms with Crippen LogP contribution in [-0.4, -0.2) is 29.0 Å². The SMILES string of the molecule is CN(C)c1cnn(Cc2ccc(CO)cc2)c(=O)c1. The van der Waals surface area contributed by atoms with Gasteiger partial charge in [0.05, 0.1) is 25.0 Å². The Morgan fingerprint density at radius 2 is 1.84 bits per heavy atom. The predicted octanol–water partition coefficient (Wildman–Crippen LogP) is 0.850. The van der Waals surface area contributed by atoms with E-state index in [1.165, 1.54) is 4.68 Å². The van der Waals surface area contributed by atoms with Crippen LogP contribution >= 0.6 is 0 Å². The Balaban J connectivity index is 2.21. The largest absolute Gasteiger partial charge is 0.392 e. The molecule has 0 saturated carbocycles. The van der Waals surface area contributed by atoms with E-state index >= 15 is 0 Å². The van der Waals surface area contributed by atoms with Gasteiger partial charge in [-0.05, 0) is 11.1 Å². The van der Waals surface area contributed by atoms with Gasteiger partial charge in [-0.25, -0.2) is 4.68 Å². The molecule has 0 radical (unpaired) electrons. The average Bonchev–Trinajstić information content (AvgIpc) is 2.41. The van der Waals surface area contributed by atoms with E-state index in [1.54, 1.807) is 12.3 Å². The van der Waals surface area contributed by atoms with E-state index in [-0.39, 0.29) is 12.2 Å². The molecule has 0 atom stereocenters. The zero-order valence-electron chi connectivity index (χ0n) is 11.1. The molecule has 0 bridgehead atoms. The third-order valence-corrected chi connectivity index (χ3v) is 2.91. The molecule has 1 N–H and O–H groups in total. The summed E-state index contributed by atoms with van der Waals surface area (Å²) in [4.78, 5) is 13.7. The second-order valence-corrected chi connectivity index (χ2v) is 4.58. The van der Waals surface area contributed by atoms with Crippen LogP contribution in [0.5, 0.6) is 0 Å². The summed E-state index contributed by atoms with van der Waals surface area (Å²) in [5, 5.41) is 13.1. The van der Waals surface area contributed by atoms with Gasteiger partial charge in [-0.15, -0.1) is 0 Å². The van der Waals surface area contributed by atoms with E-state index in [9.17, 15) is 4.79 Å². The van der Waals surface area contributed by atoms with Crippen molar-refractivity contribution in [1.82, 2.24) is 9.78 Å². The van der Waals surface area contributed by atoms with E-state index in [0.29, 0.717) is 6.54 Å². The molecule has 0 spiro atoms. The maximum atomic E-state index is 11.9. The number of hydrogen-bond donors (Lipinski definition) is 1. The molecule has 1 aromatic carbocycles. The molecule has 0 amide bonds. The quantitative estimate of drug-likeness (QED) is 0.884. The molecule has 0 aliphatic heterocycles. The molecule has 100 valence electrons. The number of benzene rings is 1. The number of aliphatic hydroxyl groups is 1. The maximum absolute atomic E-state index is 11.9. The third-order valence-electron chi connectivity index (χ3n) is 2.91. The van der Waals surface area contributed by atoms with Gasteiger partial charge >= 0.3 is 0 Å². The lowest BCUT2D eigenvalue weighted by Gasteiger charge is -2.12. The van der Waals surface area contributed by atoms with Crippen molar-refractivity contribution in [2.45, 2.75) is 13.2 Å². The fourth-order valence-corrected chi connectivity index (χ4v) is 1.71. The summed E-state index contributed by atoms with van der Waals surface area (Å²) < 4.78 is 1.42. The van der Waals surface area contributed by atoms with Crippen LogP contribution in [0.3, 0.4) is 0 Å². The molecule has 2 aromatic rings. The minimum Gasteiger partial charge on any atom is -0.392 e. The minimum absolute atomic E-state index is 0.0238. The molecule has 0 saturated heterocycles. The Hall–Kier alpha value is -2.14. The Kier molecular flexibility index (Phi) is 3.97. The smallest absolute Gasteiger partial charge is 0.269 e. The zero-order chi connectivity index (χ0) is 13.8. The highest BCUT2D eigenvalue weighted by Crippen LogP contribution is 2.07. The molecule has 0 fully saturated rings. The van der Waals surface area contributed by atoms with Gasteiger partial charge in [-0.2, -0.15) is 5.10 Å². The number of nitrogens with zero attached hydrogens (tertiary/aromatic N) is 3. The molecule has 19 heavy (non-hydrogen) atoms. The van der Waals surface area contributed by atoms with Gasteiger partial charge in [0.1, 0.15) is 0 Å². The Labute approximate surface area is 111 Å². The number of aromatic nitrogens is 2. The minimum atomic E-state index is -0.127. The first kappa shape index (κ1) is 13.3. The molecule has 1 aromatic heterocycles. The predicted molar refractivity (Wildman–Crippen MR) is 74.3 cm³/mol. The summed E-state index contributed by atoms with van der Waals surface area (Å²) in [6.07, 6.45) is 1.67. The summed E-state index contributed by atoms with van der Waals surface area (Å²) in [5.74, 6) is 0. The summed E-state index contributed by atoms with van der Waals surface area (Å²) in [6, 6.07) is 9.03. The molecule has 5 nitrogen and oxygen atoms in total. The number of hydrogen-bond acceptors (Lipinski definition) is 4. The van der Waals surface area contributed by atoms with Crippen LogP contribution < -0.4 is 10.5 Å². The standard InChI is InChI=1S/C14H17N3O2/c1-16(2)13-7-14(19)17(15-8-13)9-11-3-5-12(10-18)6-4-11/h3-8,18H,9-10H2,1-2H3. The number of anilines is 1. The Bertz CT molecular complexity index is 603. The van der Waals surface area contributed by atoms with Gasteiger partial charge in [0.2, 0.25) is 0 Å². The molecule has 0 aliphatic carbocycles. The van der Waals surface area contributed by atoms with Crippen molar-refractivity contribution in [2.24, 2.45) is 0 Å². The topological polar surface area (TPSA) is 58.4 Å². The highest BCUT2D eigenvalue weighted by Gasteiger charge is 2.03. The third kappa shape index (κ3) is 3.20. The first-order valence-electron chi connectivity index (χ1n) is 6.03. The van der Waals surface area contributed by atoms with Crippen molar-refractivity contribution in [2.75, 3.05) is 19.0 Å². The van der Waals surface area contributed by atoms with E-state index in [0.717, 1.165) is 16.8 Å². The van der Waals surface area contributed by atoms with Gasteiger partial charge in [0.25, 0.3) is 5.56 Å². The molecule has 0 unspecified atom stereocenters. The summed E-state index contributed by atoms with van der Waals surface area (Å²) >= 11 is 0. The van der Waals surface area contributed by atoms with Crippen LogP contribution in [-0.2, 0) is 13.2 Å². The molecule has 2 rings (SSSR count). The summed E-state index contributed by atoms with van der Waals surface area (Å²) in [7, 11) is 3.74. The second kappa shape index (κ2) is 5.67. The molecular weight excluding hydrogens is 242 g/mol. The molecule has 0 aliphatic rings. The molecule has 1 heterocycles. The van der Waals surface area contributed by atoms with Crippen LogP contribution in [0.2, 0.25) is 0 Å². The van der Waals surface area contributed by atoms with Crippen molar-refractivity contribution >= 4 is 5.69 Å². The monoisotopic (exact) mass is 259 g/mol. The lowest BCUT2D eigenvalue weighted by atomic mass is 10.1. The molecule has 5 heteroatoms. The van der Waals surface area contributed by atoms with Crippen LogP contribution in [0.25, 0.3) is 0 Å². The van der Waals surface area contributed by atoms with Crippen LogP contribution in [0, 0.1) is 0 Å². The van der Waals surface area contributed by atoms with E-state index in [2.05, 4.69) is 5.10 Å². The van der Waals surface area contributed by atoms with Crippen molar-refractivity contribution in [3.8, 4) is 0 Å². The average molecular weight is 259 g/mol. The van der Waals surface area contributed by atoms with Gasteiger partial charge < -0.3 is 10.0 Å². The lowest BCUT2D eigenvalue weighted by Crippen LogP contribution is -2.24. The Morgan fingerprint density at radius 3 is 2.37 bits per heavy atom. The number of aliphatic hydroxyl groups excluding tert-OH is 1. The fraction of sp³-hybridized carbons (Fsp3) is 0.286. The van der Waals surface area contributed by atoms with Crippen molar-refractivity contribution in [1.29, 1.82) is 0 Å². The van der Waals surface area contributed by atoms with Gasteiger partial charge in [-0.3, -0.25) is 4.79 Å². The Morgan fingerprint density at radius 1 is 1.21 bits per heavy atom. The lowest BCUT2D eigenvalue weighted by molar-refractivity contribution is 0.282. The van der Waals surface area contributed by atoms with E-state index in [4.69, 9.17) is 5.11 Å². The summed E-state index contributed by atoms with van der Waals surface area (Å²) in [5.41, 5.74) is 2.49. The molecular formula is C14H17N3O2. The van der Waals surface area contributed by atoms with Crippen molar-refractivity contribution in [3.63, 3.8) is 0 Å². The van der Waals surface area contributed by atoms with Crippen molar-refractivity contribution < 1.29 is 5.11 Å². The first-order chi connectivity index (χ1) is 9.10. The van der Waals surface area contributed by atoms with Gasteiger partial charge in [-0.1, -0.05) is 24.3 Å². The van der Waals surface area contributed by atoms with Crippen molar-refractivity contribution in [3.05, 3.63) is 58.0 Å². The van der Waals surface area contributed by atoms with Crippen LogP contribution in [0.4, 0.5) is 5.69 Å². The highest BCUT2D eigenvalue weighted by atomic mass is 16.3. The fourth-order valence-electron chi connectivity index (χ4n) is 1.71. The number of rotatable bonds is 4. The van der Waals surface area contributed by atoms with Crippen LogP contribution in [0.1, 0.15) is 11.1 Å².